The van der Waals surface area contributed by atoms with Gasteiger partial charge in [0.25, 0.3) is 0 Å². The van der Waals surface area contributed by atoms with E-state index < -0.39 is 0 Å². The molecule has 2 aliphatic rings. The van der Waals surface area contributed by atoms with Crippen LogP contribution in [0.15, 0.2) is 212 Å². The number of benzene rings is 9. The second-order valence-corrected chi connectivity index (χ2v) is 16.4. The molecule has 3 heteroatoms. The van der Waals surface area contributed by atoms with E-state index in [1.165, 1.54) is 89.1 Å². The molecule has 0 amide bonds. The van der Waals surface area contributed by atoms with Crippen LogP contribution in [-0.4, -0.2) is 4.57 Å². The minimum absolute atomic E-state index is 1.01. The molecule has 0 N–H and O–H groups in total. The number of nitrogens with zero attached hydrogens (tertiary/aromatic N) is 3. The lowest BCUT2D eigenvalue weighted by Crippen LogP contribution is -2.11. The lowest BCUT2D eigenvalue weighted by Gasteiger charge is -2.27. The van der Waals surface area contributed by atoms with Crippen molar-refractivity contribution in [2.75, 3.05) is 9.80 Å². The average Bonchev–Trinajstić information content (AvgIpc) is 3.42. The maximum absolute atomic E-state index is 2.49. The number of aryl methyl sites for hydroxylation is 4. The number of rotatable bonds is 5. The maximum atomic E-state index is 2.49. The Bertz CT molecular complexity index is 2960. The number of fused-ring (bicyclic) bond motifs is 7. The summed E-state index contributed by atoms with van der Waals surface area (Å²) in [6.07, 6.45) is 4.04. The van der Waals surface area contributed by atoms with Crippen molar-refractivity contribution in [3.63, 3.8) is 0 Å². The van der Waals surface area contributed by atoms with Crippen LogP contribution in [0.1, 0.15) is 22.3 Å². The van der Waals surface area contributed by atoms with Gasteiger partial charge in [-0.1, -0.05) is 133 Å². The molecular weight excluding hydrogens is 739 g/mol. The van der Waals surface area contributed by atoms with E-state index >= 15 is 0 Å². The standard InChI is InChI=1S/C58H43N3/c1-3-15-40(16-4-1)46-35-47(41-17-5-2-6-18-41)37-50(36-46)61-57-33-31-48(59-53-23-11-7-19-42(53)27-28-43-20-8-12-24-54(43)59)38-51(57)52-39-49(32-34-58(52)61)60-55-25-13-9-21-44(55)29-30-45-22-10-14-26-56(45)60/h1-26,31-39H,27-30H2. The van der Waals surface area contributed by atoms with Gasteiger partial charge in [-0.25, -0.2) is 0 Å². The topological polar surface area (TPSA) is 11.4 Å². The molecule has 12 rings (SSSR count). The molecule has 0 radical (unpaired) electrons. The van der Waals surface area contributed by atoms with Crippen molar-refractivity contribution < 1.29 is 0 Å². The summed E-state index contributed by atoms with van der Waals surface area (Å²) in [4.78, 5) is 4.99. The van der Waals surface area contributed by atoms with Gasteiger partial charge >= 0.3 is 0 Å². The fourth-order valence-electron chi connectivity index (χ4n) is 10.0. The minimum atomic E-state index is 1.01. The Morgan fingerprint density at radius 1 is 0.262 bits per heavy atom. The first-order valence-corrected chi connectivity index (χ1v) is 21.5. The molecule has 0 saturated heterocycles. The number of anilines is 6. The highest BCUT2D eigenvalue weighted by atomic mass is 15.2. The Kier molecular flexibility index (Phi) is 8.45. The quantitative estimate of drug-likeness (QED) is 0.172. The molecular formula is C58H43N3. The van der Waals surface area contributed by atoms with Crippen LogP contribution in [0.25, 0.3) is 49.7 Å². The number of hydrogen-bond acceptors (Lipinski definition) is 2. The van der Waals surface area contributed by atoms with Crippen LogP contribution in [-0.2, 0) is 25.7 Å². The lowest BCUT2D eigenvalue weighted by atomic mass is 9.98. The summed E-state index contributed by atoms with van der Waals surface area (Å²) in [6.45, 7) is 0. The zero-order valence-electron chi connectivity index (χ0n) is 33.9. The monoisotopic (exact) mass is 781 g/mol. The van der Waals surface area contributed by atoms with Crippen LogP contribution < -0.4 is 9.80 Å². The van der Waals surface area contributed by atoms with E-state index in [0.29, 0.717) is 0 Å². The SMILES string of the molecule is c1ccc(-c2cc(-c3ccccc3)cc(-n3c4ccc(N5c6ccccc6CCc6ccccc65)cc4c4cc(N5c6ccccc6CCc6ccccc65)ccc43)c2)cc1. The summed E-state index contributed by atoms with van der Waals surface area (Å²) >= 11 is 0. The van der Waals surface area contributed by atoms with Crippen molar-refractivity contribution in [1.82, 2.24) is 4.57 Å². The molecule has 290 valence electrons. The number of aromatic nitrogens is 1. The summed E-state index contributed by atoms with van der Waals surface area (Å²) in [6, 6.07) is 78.7. The van der Waals surface area contributed by atoms with Gasteiger partial charge < -0.3 is 14.4 Å². The van der Waals surface area contributed by atoms with E-state index in [-0.39, 0.29) is 0 Å². The van der Waals surface area contributed by atoms with Gasteiger partial charge in [0.05, 0.1) is 11.0 Å². The van der Waals surface area contributed by atoms with E-state index in [2.05, 4.69) is 227 Å². The molecule has 9 aromatic carbocycles. The molecule has 2 aliphatic heterocycles. The number of hydrogen-bond donors (Lipinski definition) is 0. The van der Waals surface area contributed by atoms with Crippen LogP contribution in [0.5, 0.6) is 0 Å². The molecule has 10 aromatic rings. The van der Waals surface area contributed by atoms with E-state index in [0.717, 1.165) is 42.7 Å². The Hall–Kier alpha value is -7.62. The maximum Gasteiger partial charge on any atom is 0.0542 e. The highest BCUT2D eigenvalue weighted by molar-refractivity contribution is 6.12. The van der Waals surface area contributed by atoms with Gasteiger partial charge in [0.15, 0.2) is 0 Å². The third-order valence-electron chi connectivity index (χ3n) is 12.9. The molecule has 0 aliphatic carbocycles. The number of para-hydroxylation sites is 4. The lowest BCUT2D eigenvalue weighted by molar-refractivity contribution is 0.977. The van der Waals surface area contributed by atoms with Gasteiger partial charge in [0.1, 0.15) is 0 Å². The van der Waals surface area contributed by atoms with Gasteiger partial charge in [-0.15, -0.1) is 0 Å². The Labute approximate surface area is 357 Å². The van der Waals surface area contributed by atoms with Crippen LogP contribution >= 0.6 is 0 Å². The molecule has 0 saturated carbocycles. The van der Waals surface area contributed by atoms with Crippen molar-refractivity contribution >= 4 is 55.9 Å². The molecule has 61 heavy (non-hydrogen) atoms. The summed E-state index contributed by atoms with van der Waals surface area (Å²) in [5.74, 6) is 0. The highest BCUT2D eigenvalue weighted by Crippen LogP contribution is 2.47. The van der Waals surface area contributed by atoms with Crippen molar-refractivity contribution in [1.29, 1.82) is 0 Å². The van der Waals surface area contributed by atoms with Crippen LogP contribution in [0.4, 0.5) is 34.1 Å². The predicted molar refractivity (Wildman–Crippen MR) is 256 cm³/mol. The Balaban J connectivity index is 1.14. The first kappa shape index (κ1) is 35.3. The third-order valence-corrected chi connectivity index (χ3v) is 12.9. The third kappa shape index (κ3) is 6.04. The minimum Gasteiger partial charge on any atom is -0.310 e. The van der Waals surface area contributed by atoms with Gasteiger partial charge in [0.2, 0.25) is 0 Å². The first-order valence-electron chi connectivity index (χ1n) is 21.5. The second-order valence-electron chi connectivity index (χ2n) is 16.4. The summed E-state index contributed by atoms with van der Waals surface area (Å²) < 4.78 is 2.49. The largest absolute Gasteiger partial charge is 0.310 e. The zero-order chi connectivity index (χ0) is 40.3. The van der Waals surface area contributed by atoms with E-state index in [1.54, 1.807) is 0 Å². The van der Waals surface area contributed by atoms with Gasteiger partial charge in [-0.2, -0.15) is 0 Å². The predicted octanol–water partition coefficient (Wildman–Crippen LogP) is 15.3. The fourth-order valence-corrected chi connectivity index (χ4v) is 10.0. The highest BCUT2D eigenvalue weighted by Gasteiger charge is 2.26. The van der Waals surface area contributed by atoms with E-state index in [1.807, 2.05) is 0 Å². The molecule has 0 spiro atoms. The van der Waals surface area contributed by atoms with Gasteiger partial charge in [-0.05, 0) is 149 Å². The summed E-state index contributed by atoms with van der Waals surface area (Å²) in [5, 5.41) is 2.44. The molecule has 0 fully saturated rings. The van der Waals surface area contributed by atoms with Crippen molar-refractivity contribution in [3.05, 3.63) is 235 Å². The molecule has 3 nitrogen and oxygen atoms in total. The fraction of sp³-hybridized carbons (Fsp3) is 0.0690. The molecule has 0 unspecified atom stereocenters. The molecule has 0 atom stereocenters. The normalized spacial score (nSPS) is 13.2. The summed E-state index contributed by atoms with van der Waals surface area (Å²) in [5.41, 5.74) is 21.0. The zero-order valence-corrected chi connectivity index (χ0v) is 33.9. The molecule has 3 heterocycles. The van der Waals surface area contributed by atoms with E-state index in [4.69, 9.17) is 0 Å². The van der Waals surface area contributed by atoms with Crippen LogP contribution in [0.3, 0.4) is 0 Å². The van der Waals surface area contributed by atoms with Gasteiger partial charge in [-0.3, -0.25) is 0 Å². The first-order chi connectivity index (χ1) is 30.2. The van der Waals surface area contributed by atoms with Gasteiger partial charge in [0, 0.05) is 50.6 Å². The van der Waals surface area contributed by atoms with Crippen molar-refractivity contribution in [3.8, 4) is 27.9 Å². The van der Waals surface area contributed by atoms with Crippen LogP contribution in [0.2, 0.25) is 0 Å². The van der Waals surface area contributed by atoms with Crippen LogP contribution in [0, 0.1) is 0 Å². The molecule has 0 bridgehead atoms. The average molecular weight is 782 g/mol. The smallest absolute Gasteiger partial charge is 0.0542 e. The molecule has 1 aromatic heterocycles. The van der Waals surface area contributed by atoms with E-state index in [9.17, 15) is 0 Å². The Morgan fingerprint density at radius 3 is 0.984 bits per heavy atom. The Morgan fingerprint density at radius 2 is 0.607 bits per heavy atom. The van der Waals surface area contributed by atoms with Crippen molar-refractivity contribution in [2.45, 2.75) is 25.7 Å². The van der Waals surface area contributed by atoms with Crippen molar-refractivity contribution in [2.24, 2.45) is 0 Å². The second kappa shape index (κ2) is 14.6. The summed E-state index contributed by atoms with van der Waals surface area (Å²) in [7, 11) is 0.